The second-order valence-electron chi connectivity index (χ2n) is 2.90. The maximum absolute atomic E-state index is 5.54. The molecule has 0 radical (unpaired) electrons. The molecule has 15 heavy (non-hydrogen) atoms. The van der Waals surface area contributed by atoms with Crippen LogP contribution in [0.2, 0.25) is 0 Å². The molecule has 0 bridgehead atoms. The number of methoxy groups -OCH3 is 1. The molecule has 0 saturated carbocycles. The first kappa shape index (κ1) is 9.38. The lowest BCUT2D eigenvalue weighted by atomic mass is 10.3. The van der Waals surface area contributed by atoms with Gasteiger partial charge in [-0.15, -0.1) is 0 Å². The molecule has 7 heteroatoms. The predicted octanol–water partition coefficient (Wildman–Crippen LogP) is -0.293. The van der Waals surface area contributed by atoms with Crippen LogP contribution in [-0.2, 0) is 6.54 Å². The van der Waals surface area contributed by atoms with E-state index in [2.05, 4.69) is 20.5 Å². The summed E-state index contributed by atoms with van der Waals surface area (Å²) in [5, 5.41) is 10.8. The third kappa shape index (κ3) is 2.01. The Hall–Kier alpha value is -2.18. The van der Waals surface area contributed by atoms with Crippen molar-refractivity contribution < 1.29 is 4.74 Å². The van der Waals surface area contributed by atoms with Gasteiger partial charge in [0.1, 0.15) is 0 Å². The van der Waals surface area contributed by atoms with Crippen molar-refractivity contribution in [2.45, 2.75) is 6.54 Å². The minimum atomic E-state index is 0.283. The highest BCUT2D eigenvalue weighted by Crippen LogP contribution is 2.10. The first-order chi connectivity index (χ1) is 7.29. The predicted molar refractivity (Wildman–Crippen MR) is 52.1 cm³/mol. The molecule has 0 aromatic carbocycles. The maximum Gasteiger partial charge on any atom is 0.240 e. The van der Waals surface area contributed by atoms with E-state index in [4.69, 9.17) is 10.5 Å². The molecular formula is C8H10N6O. The quantitative estimate of drug-likeness (QED) is 0.741. The zero-order valence-electron chi connectivity index (χ0n) is 8.16. The van der Waals surface area contributed by atoms with Gasteiger partial charge < -0.3 is 10.5 Å². The highest BCUT2D eigenvalue weighted by atomic mass is 16.5. The van der Waals surface area contributed by atoms with Crippen LogP contribution in [0.15, 0.2) is 18.3 Å². The SMILES string of the molecule is COc1cc(Cn2nnnc2N)ccn1. The lowest BCUT2D eigenvalue weighted by Gasteiger charge is -2.03. The molecular weight excluding hydrogens is 196 g/mol. The van der Waals surface area contributed by atoms with Gasteiger partial charge in [0.05, 0.1) is 13.7 Å². The van der Waals surface area contributed by atoms with Gasteiger partial charge in [-0.25, -0.2) is 9.67 Å². The highest BCUT2D eigenvalue weighted by Gasteiger charge is 2.03. The molecule has 0 spiro atoms. The lowest BCUT2D eigenvalue weighted by Crippen LogP contribution is -2.06. The standard InChI is InChI=1S/C8H10N6O/c1-15-7-4-6(2-3-10-7)5-14-8(9)11-12-13-14/h2-4H,5H2,1H3,(H2,9,11,13). The van der Waals surface area contributed by atoms with Crippen molar-refractivity contribution in [2.75, 3.05) is 12.8 Å². The normalized spacial score (nSPS) is 10.2. The Morgan fingerprint density at radius 2 is 2.40 bits per heavy atom. The van der Waals surface area contributed by atoms with Gasteiger partial charge in [-0.3, -0.25) is 0 Å². The summed E-state index contributed by atoms with van der Waals surface area (Å²) in [6, 6.07) is 3.66. The van der Waals surface area contributed by atoms with E-state index >= 15 is 0 Å². The number of nitrogens with zero attached hydrogens (tertiary/aromatic N) is 5. The van der Waals surface area contributed by atoms with Gasteiger partial charge in [0.25, 0.3) is 0 Å². The number of aromatic nitrogens is 5. The molecule has 0 aliphatic carbocycles. The van der Waals surface area contributed by atoms with Gasteiger partial charge in [0.15, 0.2) is 0 Å². The summed E-state index contributed by atoms with van der Waals surface area (Å²) in [7, 11) is 1.57. The number of nitrogen functional groups attached to an aromatic ring is 1. The number of tetrazole rings is 1. The zero-order chi connectivity index (χ0) is 10.7. The Morgan fingerprint density at radius 3 is 3.07 bits per heavy atom. The summed E-state index contributed by atoms with van der Waals surface area (Å²) < 4.78 is 6.50. The van der Waals surface area contributed by atoms with E-state index in [1.807, 2.05) is 6.07 Å². The van der Waals surface area contributed by atoms with Gasteiger partial charge in [-0.2, -0.15) is 0 Å². The second-order valence-corrected chi connectivity index (χ2v) is 2.90. The van der Waals surface area contributed by atoms with Crippen LogP contribution in [0.25, 0.3) is 0 Å². The Balaban J connectivity index is 2.21. The number of rotatable bonds is 3. The van der Waals surface area contributed by atoms with Crippen LogP contribution in [0.4, 0.5) is 5.95 Å². The van der Waals surface area contributed by atoms with Gasteiger partial charge in [-0.1, -0.05) is 5.10 Å². The summed E-state index contributed by atoms with van der Waals surface area (Å²) in [6.07, 6.45) is 1.66. The summed E-state index contributed by atoms with van der Waals surface area (Å²) in [5.74, 6) is 0.838. The summed E-state index contributed by atoms with van der Waals surface area (Å²) in [4.78, 5) is 4.00. The molecule has 2 rings (SSSR count). The summed E-state index contributed by atoms with van der Waals surface area (Å²) in [6.45, 7) is 0.498. The molecule has 2 heterocycles. The van der Waals surface area contributed by atoms with Crippen molar-refractivity contribution >= 4 is 5.95 Å². The van der Waals surface area contributed by atoms with E-state index in [0.29, 0.717) is 12.4 Å². The molecule has 0 unspecified atom stereocenters. The number of hydrogen-bond donors (Lipinski definition) is 1. The van der Waals surface area contributed by atoms with Crippen LogP contribution in [0.5, 0.6) is 5.88 Å². The van der Waals surface area contributed by atoms with Crippen molar-refractivity contribution in [3.8, 4) is 5.88 Å². The van der Waals surface area contributed by atoms with Crippen molar-refractivity contribution in [3.63, 3.8) is 0 Å². The van der Waals surface area contributed by atoms with Gasteiger partial charge in [-0.05, 0) is 22.1 Å². The van der Waals surface area contributed by atoms with E-state index < -0.39 is 0 Å². The van der Waals surface area contributed by atoms with E-state index in [1.54, 1.807) is 19.4 Å². The largest absolute Gasteiger partial charge is 0.481 e. The minimum Gasteiger partial charge on any atom is -0.481 e. The first-order valence-electron chi connectivity index (χ1n) is 4.30. The molecule has 0 aliphatic rings. The van der Waals surface area contributed by atoms with Gasteiger partial charge in [0, 0.05) is 12.3 Å². The van der Waals surface area contributed by atoms with Crippen molar-refractivity contribution in [1.29, 1.82) is 0 Å². The molecule has 2 aromatic heterocycles. The molecule has 0 saturated heterocycles. The van der Waals surface area contributed by atoms with Crippen LogP contribution in [0, 0.1) is 0 Å². The maximum atomic E-state index is 5.54. The van der Waals surface area contributed by atoms with Crippen molar-refractivity contribution in [2.24, 2.45) is 0 Å². The number of nitrogens with two attached hydrogens (primary N) is 1. The average Bonchev–Trinajstić information content (AvgIpc) is 2.65. The monoisotopic (exact) mass is 206 g/mol. The van der Waals surface area contributed by atoms with E-state index in [-0.39, 0.29) is 5.95 Å². The smallest absolute Gasteiger partial charge is 0.240 e. The van der Waals surface area contributed by atoms with Crippen LogP contribution in [-0.4, -0.2) is 32.3 Å². The fourth-order valence-corrected chi connectivity index (χ4v) is 1.16. The molecule has 2 N–H and O–H groups in total. The van der Waals surface area contributed by atoms with E-state index in [9.17, 15) is 0 Å². The molecule has 2 aromatic rings. The number of hydrogen-bond acceptors (Lipinski definition) is 6. The average molecular weight is 206 g/mol. The molecule has 0 aliphatic heterocycles. The second kappa shape index (κ2) is 3.91. The fourth-order valence-electron chi connectivity index (χ4n) is 1.16. The Bertz CT molecular complexity index is 454. The van der Waals surface area contributed by atoms with Crippen LogP contribution in [0.1, 0.15) is 5.56 Å². The van der Waals surface area contributed by atoms with Crippen molar-refractivity contribution in [3.05, 3.63) is 23.9 Å². The summed E-state index contributed by atoms with van der Waals surface area (Å²) in [5.41, 5.74) is 6.51. The van der Waals surface area contributed by atoms with E-state index in [1.165, 1.54) is 4.68 Å². The highest BCUT2D eigenvalue weighted by molar-refractivity contribution is 5.22. The third-order valence-electron chi connectivity index (χ3n) is 1.90. The Kier molecular flexibility index (Phi) is 2.44. The number of pyridine rings is 1. The zero-order valence-corrected chi connectivity index (χ0v) is 8.16. The molecule has 78 valence electrons. The summed E-state index contributed by atoms with van der Waals surface area (Å²) >= 11 is 0. The number of anilines is 1. The molecule has 0 amide bonds. The van der Waals surface area contributed by atoms with Crippen LogP contribution < -0.4 is 10.5 Å². The fraction of sp³-hybridized carbons (Fsp3) is 0.250. The Labute approximate surface area is 85.9 Å². The molecule has 7 nitrogen and oxygen atoms in total. The first-order valence-corrected chi connectivity index (χ1v) is 4.30. The number of ether oxygens (including phenoxy) is 1. The van der Waals surface area contributed by atoms with E-state index in [0.717, 1.165) is 5.56 Å². The lowest BCUT2D eigenvalue weighted by molar-refractivity contribution is 0.397. The van der Waals surface area contributed by atoms with Gasteiger partial charge in [0.2, 0.25) is 11.8 Å². The Morgan fingerprint density at radius 1 is 1.53 bits per heavy atom. The molecule has 0 atom stereocenters. The minimum absolute atomic E-state index is 0.283. The van der Waals surface area contributed by atoms with Crippen LogP contribution >= 0.6 is 0 Å². The van der Waals surface area contributed by atoms with Crippen molar-refractivity contribution in [1.82, 2.24) is 25.2 Å². The van der Waals surface area contributed by atoms with Crippen LogP contribution in [0.3, 0.4) is 0 Å². The molecule has 0 fully saturated rings. The topological polar surface area (TPSA) is 91.7 Å². The third-order valence-corrected chi connectivity index (χ3v) is 1.90. The van der Waals surface area contributed by atoms with Gasteiger partial charge >= 0.3 is 0 Å².